The van der Waals surface area contributed by atoms with Gasteiger partial charge in [0.05, 0.1) is 27.7 Å². The molecule has 0 aromatic heterocycles. The van der Waals surface area contributed by atoms with Gasteiger partial charge in [0.15, 0.2) is 6.10 Å². The second-order valence-corrected chi connectivity index (χ2v) is 16.0. The van der Waals surface area contributed by atoms with E-state index in [1.54, 1.807) is 0 Å². The summed E-state index contributed by atoms with van der Waals surface area (Å²) in [6.07, 6.45) is 35.9. The number of ether oxygens (including phenoxy) is 2. The Morgan fingerprint density at radius 1 is 0.627 bits per heavy atom. The Hall–Kier alpha value is -1.77. The molecule has 9 nitrogen and oxygen atoms in total. The van der Waals surface area contributed by atoms with Gasteiger partial charge < -0.3 is 27.9 Å². The summed E-state index contributed by atoms with van der Waals surface area (Å²) >= 11 is 0. The highest BCUT2D eigenvalue weighted by molar-refractivity contribution is 7.45. The molecule has 0 aliphatic rings. The van der Waals surface area contributed by atoms with Gasteiger partial charge in [0.1, 0.15) is 19.8 Å². The SMILES string of the molecule is CC/C=C\C/C=C\C/C=C\CCCCCCCC(=O)O[C@H](COC(=O)CCCCCCCCCCCCCC)COP(=O)([O-])OCC[N+](C)(C)C. The van der Waals surface area contributed by atoms with Crippen LogP contribution in [0.5, 0.6) is 0 Å². The highest BCUT2D eigenvalue weighted by atomic mass is 31.2. The topological polar surface area (TPSA) is 111 Å². The minimum atomic E-state index is -4.62. The van der Waals surface area contributed by atoms with Crippen molar-refractivity contribution in [2.24, 2.45) is 0 Å². The summed E-state index contributed by atoms with van der Waals surface area (Å²) in [6, 6.07) is 0. The number of hydrogen-bond donors (Lipinski definition) is 0. The highest BCUT2D eigenvalue weighted by Crippen LogP contribution is 2.38. The second-order valence-electron chi connectivity index (χ2n) is 14.6. The Morgan fingerprint density at radius 3 is 1.67 bits per heavy atom. The lowest BCUT2D eigenvalue weighted by Gasteiger charge is -2.28. The average molecular weight is 742 g/mol. The third-order valence-corrected chi connectivity index (χ3v) is 9.39. The molecule has 2 atom stereocenters. The molecular weight excluding hydrogens is 665 g/mol. The molecular formula is C41H76NO8P. The Bertz CT molecular complexity index is 975. The molecule has 0 bridgehead atoms. The smallest absolute Gasteiger partial charge is 0.306 e. The molecule has 0 aliphatic heterocycles. The fraction of sp³-hybridized carbons (Fsp3) is 0.805. The van der Waals surface area contributed by atoms with Gasteiger partial charge in [-0.1, -0.05) is 140 Å². The van der Waals surface area contributed by atoms with Crippen LogP contribution in [0.25, 0.3) is 0 Å². The first kappa shape index (κ1) is 49.2. The number of hydrogen-bond acceptors (Lipinski definition) is 8. The summed E-state index contributed by atoms with van der Waals surface area (Å²) in [5, 5.41) is 0. The number of allylic oxidation sites excluding steroid dienone is 6. The first-order valence-corrected chi connectivity index (χ1v) is 21.7. The van der Waals surface area contributed by atoms with Gasteiger partial charge in [0.2, 0.25) is 0 Å². The molecule has 0 fully saturated rings. The van der Waals surface area contributed by atoms with Crippen molar-refractivity contribution in [3.05, 3.63) is 36.5 Å². The lowest BCUT2D eigenvalue weighted by Crippen LogP contribution is -2.37. The largest absolute Gasteiger partial charge is 0.756 e. The number of nitrogens with zero attached hydrogens (tertiary/aromatic N) is 1. The molecule has 10 heteroatoms. The number of carbonyl (C=O) groups is 2. The van der Waals surface area contributed by atoms with Gasteiger partial charge in [-0.25, -0.2) is 0 Å². The average Bonchev–Trinajstić information content (AvgIpc) is 3.07. The lowest BCUT2D eigenvalue weighted by atomic mass is 10.0. The first-order chi connectivity index (χ1) is 24.5. The standard InChI is InChI=1S/C41H76NO8P/c1-6-8-10-12-14-16-18-20-21-22-24-26-28-30-32-34-41(44)50-39(38-49-51(45,46)48-36-35-42(3,4)5)37-47-40(43)33-31-29-27-25-23-19-17-15-13-11-9-7-2/h8,10,14,16,20-21,39H,6-7,9,11-13,15,17-19,22-38H2,1-5H3/b10-8-,16-14-,21-20-/t39-/m1/s1. The van der Waals surface area contributed by atoms with Crippen molar-refractivity contribution in [1.29, 1.82) is 0 Å². The number of rotatable bonds is 36. The number of phosphoric ester groups is 1. The zero-order valence-corrected chi connectivity index (χ0v) is 34.2. The lowest BCUT2D eigenvalue weighted by molar-refractivity contribution is -0.870. The second kappa shape index (κ2) is 34.0. The number of esters is 2. The molecule has 1 unspecified atom stereocenters. The van der Waals surface area contributed by atoms with E-state index in [2.05, 4.69) is 50.3 Å². The van der Waals surface area contributed by atoms with Crippen LogP contribution >= 0.6 is 7.82 Å². The monoisotopic (exact) mass is 742 g/mol. The van der Waals surface area contributed by atoms with Crippen molar-refractivity contribution in [1.82, 2.24) is 0 Å². The van der Waals surface area contributed by atoms with E-state index in [1.807, 2.05) is 21.1 Å². The fourth-order valence-corrected chi connectivity index (χ4v) is 5.98. The molecule has 0 heterocycles. The van der Waals surface area contributed by atoms with E-state index in [1.165, 1.54) is 57.8 Å². The van der Waals surface area contributed by atoms with Crippen molar-refractivity contribution in [2.75, 3.05) is 47.5 Å². The number of phosphoric acid groups is 1. The van der Waals surface area contributed by atoms with Crippen LogP contribution in [0, 0.1) is 0 Å². The van der Waals surface area contributed by atoms with E-state index < -0.39 is 32.5 Å². The molecule has 0 amide bonds. The maximum absolute atomic E-state index is 12.6. The van der Waals surface area contributed by atoms with Crippen LogP contribution < -0.4 is 4.89 Å². The number of quaternary nitrogens is 1. The summed E-state index contributed by atoms with van der Waals surface area (Å²) in [5.74, 6) is -0.854. The Kier molecular flexibility index (Phi) is 32.8. The van der Waals surface area contributed by atoms with Gasteiger partial charge in [0, 0.05) is 12.8 Å². The highest BCUT2D eigenvalue weighted by Gasteiger charge is 2.21. The van der Waals surface area contributed by atoms with Gasteiger partial charge in [0.25, 0.3) is 7.82 Å². The van der Waals surface area contributed by atoms with Crippen LogP contribution in [0.4, 0.5) is 0 Å². The molecule has 0 rings (SSSR count). The van der Waals surface area contributed by atoms with Gasteiger partial charge in [-0.3, -0.25) is 14.2 Å². The minimum absolute atomic E-state index is 0.0341. The molecule has 0 aromatic carbocycles. The molecule has 0 radical (unpaired) electrons. The van der Waals surface area contributed by atoms with E-state index in [4.69, 9.17) is 18.5 Å². The van der Waals surface area contributed by atoms with Crippen molar-refractivity contribution in [2.45, 2.75) is 168 Å². The van der Waals surface area contributed by atoms with E-state index in [-0.39, 0.29) is 26.1 Å². The van der Waals surface area contributed by atoms with Crippen molar-refractivity contribution in [3.8, 4) is 0 Å². The normalized spacial score (nSPS) is 14.1. The number of unbranched alkanes of at least 4 members (excludes halogenated alkanes) is 16. The van der Waals surface area contributed by atoms with E-state index in [9.17, 15) is 19.0 Å². The Balaban J connectivity index is 4.44. The van der Waals surface area contributed by atoms with Crippen molar-refractivity contribution >= 4 is 19.8 Å². The van der Waals surface area contributed by atoms with Gasteiger partial charge in [-0.2, -0.15) is 0 Å². The van der Waals surface area contributed by atoms with Crippen LogP contribution in [0.15, 0.2) is 36.5 Å². The quantitative estimate of drug-likeness (QED) is 0.0205. The van der Waals surface area contributed by atoms with Crippen LogP contribution in [0.2, 0.25) is 0 Å². The third-order valence-electron chi connectivity index (χ3n) is 8.42. The van der Waals surface area contributed by atoms with Crippen LogP contribution in [0.3, 0.4) is 0 Å². The zero-order chi connectivity index (χ0) is 37.9. The molecule has 51 heavy (non-hydrogen) atoms. The van der Waals surface area contributed by atoms with Gasteiger partial charge >= 0.3 is 11.9 Å². The molecule has 0 saturated heterocycles. The summed E-state index contributed by atoms with van der Waals surface area (Å²) in [4.78, 5) is 37.4. The van der Waals surface area contributed by atoms with Crippen LogP contribution in [0.1, 0.15) is 162 Å². The first-order valence-electron chi connectivity index (χ1n) is 20.2. The van der Waals surface area contributed by atoms with Crippen molar-refractivity contribution in [3.63, 3.8) is 0 Å². The molecule has 0 spiro atoms. The molecule has 0 aromatic rings. The zero-order valence-electron chi connectivity index (χ0n) is 33.3. The van der Waals surface area contributed by atoms with E-state index in [0.717, 1.165) is 70.6 Å². The van der Waals surface area contributed by atoms with Gasteiger partial charge in [-0.15, -0.1) is 0 Å². The maximum Gasteiger partial charge on any atom is 0.306 e. The maximum atomic E-state index is 12.6. The van der Waals surface area contributed by atoms with E-state index in [0.29, 0.717) is 17.4 Å². The summed E-state index contributed by atoms with van der Waals surface area (Å²) in [7, 11) is 1.15. The summed E-state index contributed by atoms with van der Waals surface area (Å²) in [5.41, 5.74) is 0. The minimum Gasteiger partial charge on any atom is -0.756 e. The number of likely N-dealkylation sites (N-methyl/N-ethyl adjacent to an activating group) is 1. The van der Waals surface area contributed by atoms with Crippen LogP contribution in [-0.4, -0.2) is 70.0 Å². The molecule has 298 valence electrons. The Labute approximate surface area is 312 Å². The predicted octanol–water partition coefficient (Wildman–Crippen LogP) is 10.3. The van der Waals surface area contributed by atoms with Crippen LogP contribution in [-0.2, 0) is 32.7 Å². The predicted molar refractivity (Wildman–Crippen MR) is 208 cm³/mol. The summed E-state index contributed by atoms with van der Waals surface area (Å²) in [6.45, 7) is 4.08. The summed E-state index contributed by atoms with van der Waals surface area (Å²) < 4.78 is 33.8. The van der Waals surface area contributed by atoms with Crippen molar-refractivity contribution < 1.29 is 42.1 Å². The number of carbonyl (C=O) groups excluding carboxylic acids is 2. The third kappa shape index (κ3) is 37.8. The van der Waals surface area contributed by atoms with E-state index >= 15 is 0 Å². The molecule has 0 aliphatic carbocycles. The fourth-order valence-electron chi connectivity index (χ4n) is 5.26. The molecule has 0 N–H and O–H groups in total. The molecule has 0 saturated carbocycles. The Morgan fingerprint density at radius 2 is 1.12 bits per heavy atom. The van der Waals surface area contributed by atoms with Gasteiger partial charge in [-0.05, 0) is 44.9 Å².